The van der Waals surface area contributed by atoms with Gasteiger partial charge < -0.3 is 5.73 Å². The van der Waals surface area contributed by atoms with Gasteiger partial charge in [-0.25, -0.2) is 0 Å². The minimum Gasteiger partial charge on any atom is -0.327 e. The van der Waals surface area contributed by atoms with E-state index in [4.69, 9.17) is 5.73 Å². The van der Waals surface area contributed by atoms with Gasteiger partial charge in [0.1, 0.15) is 0 Å². The second-order valence-corrected chi connectivity index (χ2v) is 6.44. The average Bonchev–Trinajstić information content (AvgIpc) is 2.83. The van der Waals surface area contributed by atoms with Crippen LogP contribution in [0.5, 0.6) is 0 Å². The van der Waals surface area contributed by atoms with Crippen molar-refractivity contribution < 1.29 is 0 Å². The van der Waals surface area contributed by atoms with Crippen LogP contribution in [0.1, 0.15) is 41.7 Å². The van der Waals surface area contributed by atoms with Gasteiger partial charge >= 0.3 is 0 Å². The van der Waals surface area contributed by atoms with E-state index in [1.165, 1.54) is 11.3 Å². The Hall–Kier alpha value is -1.14. The molecule has 1 atom stereocenters. The van der Waals surface area contributed by atoms with Crippen LogP contribution in [0.2, 0.25) is 0 Å². The Kier molecular flexibility index (Phi) is 4.88. The zero-order valence-corrected chi connectivity index (χ0v) is 15.0. The lowest BCUT2D eigenvalue weighted by molar-refractivity contribution is 0.599. The zero-order valence-electron chi connectivity index (χ0n) is 13.4. The Morgan fingerprint density at radius 2 is 1.86 bits per heavy atom. The molecule has 21 heavy (non-hydrogen) atoms. The quantitative estimate of drug-likeness (QED) is 0.898. The normalized spacial score (nSPS) is 12.9. The van der Waals surface area contributed by atoms with Crippen molar-refractivity contribution >= 4 is 15.9 Å². The summed E-state index contributed by atoms with van der Waals surface area (Å²) >= 11 is 3.62. The summed E-state index contributed by atoms with van der Waals surface area (Å²) in [6.45, 7) is 9.02. The number of nitrogens with two attached hydrogens (primary N) is 1. The van der Waals surface area contributed by atoms with Crippen molar-refractivity contribution in [1.29, 1.82) is 0 Å². The van der Waals surface area contributed by atoms with Gasteiger partial charge in [0.15, 0.2) is 0 Å². The molecule has 6 heteroatoms. The Morgan fingerprint density at radius 3 is 2.38 bits per heavy atom. The number of nitrogens with zero attached hydrogens (tertiary/aromatic N) is 4. The third-order valence-electron chi connectivity index (χ3n) is 4.08. The molecule has 2 N–H and O–H groups in total. The van der Waals surface area contributed by atoms with Gasteiger partial charge in [0, 0.05) is 18.8 Å². The molecule has 2 aromatic rings. The fraction of sp³-hybridized carbons (Fsp3) is 0.600. The van der Waals surface area contributed by atoms with Crippen molar-refractivity contribution in [2.45, 2.75) is 53.1 Å². The summed E-state index contributed by atoms with van der Waals surface area (Å²) in [5, 5.41) is 9.12. The molecule has 0 aromatic carbocycles. The first-order valence-corrected chi connectivity index (χ1v) is 8.10. The smallest absolute Gasteiger partial charge is 0.0842 e. The minimum absolute atomic E-state index is 0.200. The van der Waals surface area contributed by atoms with E-state index in [1.54, 1.807) is 0 Å². The first-order valence-electron chi connectivity index (χ1n) is 7.31. The summed E-state index contributed by atoms with van der Waals surface area (Å²) in [7, 11) is 1.96. The zero-order chi connectivity index (χ0) is 15.7. The monoisotopic (exact) mass is 353 g/mol. The predicted octanol–water partition coefficient (Wildman–Crippen LogP) is 2.63. The van der Waals surface area contributed by atoms with Gasteiger partial charge in [-0.1, -0.05) is 6.92 Å². The molecular weight excluding hydrogens is 330 g/mol. The molecular formula is C15H24BrN5. The van der Waals surface area contributed by atoms with Gasteiger partial charge in [-0.05, 0) is 55.1 Å². The van der Waals surface area contributed by atoms with E-state index in [0.29, 0.717) is 6.54 Å². The summed E-state index contributed by atoms with van der Waals surface area (Å²) < 4.78 is 5.02. The summed E-state index contributed by atoms with van der Waals surface area (Å²) in [6, 6.07) is 0.200. The highest BCUT2D eigenvalue weighted by Gasteiger charge is 2.17. The fourth-order valence-electron chi connectivity index (χ4n) is 2.58. The molecule has 1 unspecified atom stereocenters. The molecule has 0 fully saturated rings. The third-order valence-corrected chi connectivity index (χ3v) is 5.11. The first-order chi connectivity index (χ1) is 9.85. The Morgan fingerprint density at radius 1 is 1.19 bits per heavy atom. The SMILES string of the molecule is CCC(N)Cc1c(C)nn(Cc2c(Br)c(C)nn2C)c1C. The summed E-state index contributed by atoms with van der Waals surface area (Å²) in [4.78, 5) is 0. The summed E-state index contributed by atoms with van der Waals surface area (Å²) in [5.74, 6) is 0. The molecule has 2 rings (SSSR count). The summed E-state index contributed by atoms with van der Waals surface area (Å²) in [6.07, 6.45) is 1.87. The number of hydrogen-bond donors (Lipinski definition) is 1. The predicted molar refractivity (Wildman–Crippen MR) is 88.4 cm³/mol. The lowest BCUT2D eigenvalue weighted by atomic mass is 10.0. The molecule has 5 nitrogen and oxygen atoms in total. The maximum Gasteiger partial charge on any atom is 0.0842 e. The molecule has 0 amide bonds. The van der Waals surface area contributed by atoms with Crippen LogP contribution in [0.3, 0.4) is 0 Å². The van der Waals surface area contributed by atoms with Crippen LogP contribution in [0, 0.1) is 20.8 Å². The van der Waals surface area contributed by atoms with Gasteiger partial charge in [-0.2, -0.15) is 10.2 Å². The van der Waals surface area contributed by atoms with E-state index < -0.39 is 0 Å². The number of aromatic nitrogens is 4. The minimum atomic E-state index is 0.200. The van der Waals surface area contributed by atoms with Crippen molar-refractivity contribution in [2.75, 3.05) is 0 Å². The Labute approximate surface area is 134 Å². The van der Waals surface area contributed by atoms with Gasteiger partial charge in [0.25, 0.3) is 0 Å². The number of hydrogen-bond acceptors (Lipinski definition) is 3. The lowest BCUT2D eigenvalue weighted by Gasteiger charge is -2.10. The fourth-order valence-corrected chi connectivity index (χ4v) is 3.04. The van der Waals surface area contributed by atoms with Crippen molar-refractivity contribution in [3.63, 3.8) is 0 Å². The second kappa shape index (κ2) is 6.32. The highest BCUT2D eigenvalue weighted by atomic mass is 79.9. The van der Waals surface area contributed by atoms with E-state index in [9.17, 15) is 0 Å². The molecule has 116 valence electrons. The highest BCUT2D eigenvalue weighted by molar-refractivity contribution is 9.10. The van der Waals surface area contributed by atoms with Crippen LogP contribution in [0.4, 0.5) is 0 Å². The van der Waals surface area contributed by atoms with Crippen molar-refractivity contribution in [1.82, 2.24) is 19.6 Å². The van der Waals surface area contributed by atoms with E-state index in [2.05, 4.69) is 46.9 Å². The molecule has 0 aliphatic heterocycles. The summed E-state index contributed by atoms with van der Waals surface area (Å²) in [5.41, 5.74) is 11.8. The van der Waals surface area contributed by atoms with Crippen LogP contribution in [-0.2, 0) is 20.0 Å². The molecule has 0 saturated carbocycles. The number of aryl methyl sites for hydroxylation is 3. The van der Waals surface area contributed by atoms with Crippen molar-refractivity contribution in [2.24, 2.45) is 12.8 Å². The third kappa shape index (κ3) is 3.21. The van der Waals surface area contributed by atoms with Gasteiger partial charge in [-0.15, -0.1) is 0 Å². The standard InChI is InChI=1S/C15H24BrN5/c1-6-12(17)7-13-9(2)19-21(11(13)4)8-14-15(16)10(3)18-20(14)5/h12H,6-8,17H2,1-5H3. The van der Waals surface area contributed by atoms with E-state index in [1.807, 2.05) is 23.3 Å². The topological polar surface area (TPSA) is 61.7 Å². The molecule has 2 heterocycles. The van der Waals surface area contributed by atoms with Crippen LogP contribution >= 0.6 is 15.9 Å². The Balaban J connectivity index is 2.31. The maximum absolute atomic E-state index is 6.10. The molecule has 0 spiro atoms. The number of rotatable bonds is 5. The van der Waals surface area contributed by atoms with Crippen molar-refractivity contribution in [3.8, 4) is 0 Å². The molecule has 0 radical (unpaired) electrons. The molecule has 0 bridgehead atoms. The van der Waals surface area contributed by atoms with Crippen LogP contribution < -0.4 is 5.73 Å². The molecule has 0 aliphatic rings. The maximum atomic E-state index is 6.10. The van der Waals surface area contributed by atoms with Gasteiger partial charge in [0.05, 0.1) is 28.1 Å². The van der Waals surface area contributed by atoms with Crippen LogP contribution in [0.25, 0.3) is 0 Å². The van der Waals surface area contributed by atoms with Crippen LogP contribution in [0.15, 0.2) is 4.47 Å². The van der Waals surface area contributed by atoms with Crippen molar-refractivity contribution in [3.05, 3.63) is 32.8 Å². The van der Waals surface area contributed by atoms with E-state index >= 15 is 0 Å². The number of halogens is 1. The Bertz CT molecular complexity index is 641. The van der Waals surface area contributed by atoms with E-state index in [0.717, 1.165) is 34.4 Å². The molecule has 2 aromatic heterocycles. The first kappa shape index (κ1) is 16.2. The van der Waals surface area contributed by atoms with E-state index in [-0.39, 0.29) is 6.04 Å². The molecule has 0 aliphatic carbocycles. The largest absolute Gasteiger partial charge is 0.327 e. The molecule has 0 saturated heterocycles. The van der Waals surface area contributed by atoms with Gasteiger partial charge in [0.2, 0.25) is 0 Å². The highest BCUT2D eigenvalue weighted by Crippen LogP contribution is 2.23. The second-order valence-electron chi connectivity index (χ2n) is 5.65. The average molecular weight is 354 g/mol. The lowest BCUT2D eigenvalue weighted by Crippen LogP contribution is -2.22. The van der Waals surface area contributed by atoms with Crippen LogP contribution in [-0.4, -0.2) is 25.6 Å². The van der Waals surface area contributed by atoms with Gasteiger partial charge in [-0.3, -0.25) is 9.36 Å².